The zero-order valence-electron chi connectivity index (χ0n) is 12.4. The highest BCUT2D eigenvalue weighted by molar-refractivity contribution is 5.79. The zero-order chi connectivity index (χ0) is 14.1. The molecule has 0 aromatic carbocycles. The van der Waals surface area contributed by atoms with Gasteiger partial charge in [0.15, 0.2) is 5.96 Å². The van der Waals surface area contributed by atoms with Gasteiger partial charge in [-0.25, -0.2) is 0 Å². The van der Waals surface area contributed by atoms with Crippen LogP contribution in [-0.4, -0.2) is 44.6 Å². The van der Waals surface area contributed by atoms with E-state index < -0.39 is 0 Å². The molecule has 5 nitrogen and oxygen atoms in total. The van der Waals surface area contributed by atoms with Crippen LogP contribution >= 0.6 is 0 Å². The zero-order valence-corrected chi connectivity index (χ0v) is 12.4. The number of likely N-dealkylation sites (N-methyl/N-ethyl adjacent to an activating group) is 1. The Bertz CT molecular complexity index is 360. The van der Waals surface area contributed by atoms with Gasteiger partial charge in [0.25, 0.3) is 0 Å². The van der Waals surface area contributed by atoms with Gasteiger partial charge in [-0.3, -0.25) is 9.89 Å². The van der Waals surface area contributed by atoms with E-state index in [1.807, 2.05) is 26.2 Å². The molecule has 108 valence electrons. The summed E-state index contributed by atoms with van der Waals surface area (Å²) < 4.78 is 5.48. The van der Waals surface area contributed by atoms with Crippen LogP contribution in [0.25, 0.3) is 0 Å². The molecule has 0 bridgehead atoms. The van der Waals surface area contributed by atoms with Crippen molar-refractivity contribution in [2.24, 2.45) is 4.99 Å². The van der Waals surface area contributed by atoms with E-state index in [-0.39, 0.29) is 6.04 Å². The van der Waals surface area contributed by atoms with Crippen LogP contribution in [0.2, 0.25) is 0 Å². The van der Waals surface area contributed by atoms with Crippen LogP contribution in [0, 0.1) is 0 Å². The Morgan fingerprint density at radius 1 is 1.37 bits per heavy atom. The molecule has 1 aromatic rings. The number of hydrogen-bond acceptors (Lipinski definition) is 3. The van der Waals surface area contributed by atoms with E-state index in [9.17, 15) is 0 Å². The molecule has 0 aliphatic carbocycles. The van der Waals surface area contributed by atoms with E-state index in [0.717, 1.165) is 31.2 Å². The minimum absolute atomic E-state index is 0.159. The highest BCUT2D eigenvalue weighted by Gasteiger charge is 2.16. The van der Waals surface area contributed by atoms with Gasteiger partial charge in [0, 0.05) is 13.1 Å². The molecule has 2 N–H and O–H groups in total. The predicted molar refractivity (Wildman–Crippen MR) is 79.4 cm³/mol. The van der Waals surface area contributed by atoms with E-state index >= 15 is 0 Å². The van der Waals surface area contributed by atoms with E-state index in [1.54, 1.807) is 6.26 Å². The first kappa shape index (κ1) is 15.6. The van der Waals surface area contributed by atoms with Crippen LogP contribution in [0.3, 0.4) is 0 Å². The molecular weight excluding hydrogens is 240 g/mol. The summed E-state index contributed by atoms with van der Waals surface area (Å²) in [7, 11) is 4.07. The van der Waals surface area contributed by atoms with Crippen LogP contribution < -0.4 is 10.6 Å². The lowest BCUT2D eigenvalue weighted by Crippen LogP contribution is -2.38. The topological polar surface area (TPSA) is 52.8 Å². The van der Waals surface area contributed by atoms with Gasteiger partial charge < -0.3 is 15.1 Å². The van der Waals surface area contributed by atoms with Crippen molar-refractivity contribution in [3.63, 3.8) is 0 Å². The molecule has 0 aliphatic heterocycles. The summed E-state index contributed by atoms with van der Waals surface area (Å²) in [6.45, 7) is 6.67. The third-order valence-electron chi connectivity index (χ3n) is 2.80. The van der Waals surface area contributed by atoms with Crippen molar-refractivity contribution in [3.05, 3.63) is 24.2 Å². The molecular formula is C14H26N4O. The number of nitrogens with one attached hydrogen (secondary N) is 2. The largest absolute Gasteiger partial charge is 0.468 e. The third kappa shape index (κ3) is 5.34. The molecule has 0 radical (unpaired) electrons. The summed E-state index contributed by atoms with van der Waals surface area (Å²) in [5.74, 6) is 1.81. The molecule has 0 spiro atoms. The number of nitrogens with zero attached hydrogens (tertiary/aromatic N) is 2. The molecule has 1 heterocycles. The number of furan rings is 1. The molecule has 0 amide bonds. The predicted octanol–water partition coefficient (Wildman–Crippen LogP) is 1.85. The van der Waals surface area contributed by atoms with Crippen LogP contribution in [-0.2, 0) is 0 Å². The fourth-order valence-corrected chi connectivity index (χ4v) is 1.75. The maximum atomic E-state index is 5.48. The lowest BCUT2D eigenvalue weighted by Gasteiger charge is -2.21. The Hall–Kier alpha value is -1.49. The third-order valence-corrected chi connectivity index (χ3v) is 2.80. The SMILES string of the molecule is CCCNC(=NCC(c1ccco1)N(C)C)NCC. The summed E-state index contributed by atoms with van der Waals surface area (Å²) >= 11 is 0. The number of aliphatic imine (C=N–C) groups is 1. The van der Waals surface area contributed by atoms with Crippen LogP contribution in [0.5, 0.6) is 0 Å². The monoisotopic (exact) mass is 266 g/mol. The van der Waals surface area contributed by atoms with Crippen LogP contribution in [0.15, 0.2) is 27.8 Å². The first-order chi connectivity index (χ1) is 9.19. The first-order valence-corrected chi connectivity index (χ1v) is 6.91. The van der Waals surface area contributed by atoms with Crippen molar-refractivity contribution in [2.75, 3.05) is 33.7 Å². The van der Waals surface area contributed by atoms with E-state index in [4.69, 9.17) is 4.42 Å². The Kier molecular flexibility index (Phi) is 7.03. The van der Waals surface area contributed by atoms with Crippen LogP contribution in [0.4, 0.5) is 0 Å². The number of rotatable bonds is 7. The van der Waals surface area contributed by atoms with Gasteiger partial charge in [-0.15, -0.1) is 0 Å². The maximum absolute atomic E-state index is 5.48. The van der Waals surface area contributed by atoms with E-state index in [0.29, 0.717) is 6.54 Å². The summed E-state index contributed by atoms with van der Waals surface area (Å²) in [6, 6.07) is 4.06. The summed E-state index contributed by atoms with van der Waals surface area (Å²) in [6.07, 6.45) is 2.79. The Labute approximate surface area is 116 Å². The second-order valence-electron chi connectivity index (χ2n) is 4.64. The van der Waals surface area contributed by atoms with Crippen molar-refractivity contribution in [2.45, 2.75) is 26.3 Å². The fraction of sp³-hybridized carbons (Fsp3) is 0.643. The maximum Gasteiger partial charge on any atom is 0.191 e. The Morgan fingerprint density at radius 2 is 2.16 bits per heavy atom. The molecule has 5 heteroatoms. The van der Waals surface area contributed by atoms with Gasteiger partial charge in [0.1, 0.15) is 5.76 Å². The molecule has 1 atom stereocenters. The second-order valence-corrected chi connectivity index (χ2v) is 4.64. The smallest absolute Gasteiger partial charge is 0.191 e. The molecule has 0 aliphatic rings. The summed E-state index contributed by atoms with van der Waals surface area (Å²) in [5, 5.41) is 6.55. The highest BCUT2D eigenvalue weighted by atomic mass is 16.3. The number of hydrogen-bond donors (Lipinski definition) is 2. The van der Waals surface area contributed by atoms with Gasteiger partial charge in [-0.2, -0.15) is 0 Å². The normalized spacial score (nSPS) is 13.6. The van der Waals surface area contributed by atoms with Gasteiger partial charge in [-0.1, -0.05) is 6.92 Å². The number of guanidine groups is 1. The first-order valence-electron chi connectivity index (χ1n) is 6.91. The lowest BCUT2D eigenvalue weighted by molar-refractivity contribution is 0.265. The molecule has 1 aromatic heterocycles. The minimum atomic E-state index is 0.159. The van der Waals surface area contributed by atoms with Gasteiger partial charge in [-0.05, 0) is 39.6 Å². The van der Waals surface area contributed by atoms with Gasteiger partial charge in [0.2, 0.25) is 0 Å². The summed E-state index contributed by atoms with van der Waals surface area (Å²) in [4.78, 5) is 6.74. The summed E-state index contributed by atoms with van der Waals surface area (Å²) in [5.41, 5.74) is 0. The second kappa shape index (κ2) is 8.58. The van der Waals surface area contributed by atoms with Crippen molar-refractivity contribution < 1.29 is 4.42 Å². The average molecular weight is 266 g/mol. The van der Waals surface area contributed by atoms with E-state index in [1.165, 1.54) is 0 Å². The van der Waals surface area contributed by atoms with Crippen molar-refractivity contribution >= 4 is 5.96 Å². The highest BCUT2D eigenvalue weighted by Crippen LogP contribution is 2.18. The Balaban J connectivity index is 2.66. The van der Waals surface area contributed by atoms with Crippen molar-refractivity contribution in [3.8, 4) is 0 Å². The van der Waals surface area contributed by atoms with Crippen LogP contribution in [0.1, 0.15) is 32.1 Å². The van der Waals surface area contributed by atoms with Crippen molar-refractivity contribution in [1.29, 1.82) is 0 Å². The fourth-order valence-electron chi connectivity index (χ4n) is 1.75. The van der Waals surface area contributed by atoms with Crippen molar-refractivity contribution in [1.82, 2.24) is 15.5 Å². The molecule has 0 fully saturated rings. The quantitative estimate of drug-likeness (QED) is 0.584. The molecule has 0 saturated heterocycles. The molecule has 1 rings (SSSR count). The van der Waals surface area contributed by atoms with Gasteiger partial charge >= 0.3 is 0 Å². The molecule has 0 saturated carbocycles. The lowest BCUT2D eigenvalue weighted by atomic mass is 10.2. The standard InChI is InChI=1S/C14H26N4O/c1-5-9-16-14(15-6-2)17-11-12(18(3)4)13-8-7-10-19-13/h7-8,10,12H,5-6,9,11H2,1-4H3,(H2,15,16,17). The Morgan fingerprint density at radius 3 is 2.68 bits per heavy atom. The van der Waals surface area contributed by atoms with E-state index in [2.05, 4.69) is 34.4 Å². The van der Waals surface area contributed by atoms with Gasteiger partial charge in [0.05, 0.1) is 18.8 Å². The molecule has 1 unspecified atom stereocenters. The average Bonchev–Trinajstić information content (AvgIpc) is 2.89. The minimum Gasteiger partial charge on any atom is -0.468 e. The molecule has 19 heavy (non-hydrogen) atoms.